The van der Waals surface area contributed by atoms with Crippen LogP contribution >= 0.6 is 11.6 Å². The maximum Gasteiger partial charge on any atom is 0.214 e. The molecule has 0 N–H and O–H groups in total. The second kappa shape index (κ2) is 5.50. The van der Waals surface area contributed by atoms with Crippen molar-refractivity contribution in [3.05, 3.63) is 82.9 Å². The lowest BCUT2D eigenvalue weighted by atomic mass is 10.1. The van der Waals surface area contributed by atoms with Crippen LogP contribution in [0.4, 0.5) is 4.39 Å². The van der Waals surface area contributed by atoms with Gasteiger partial charge in [-0.3, -0.25) is 4.79 Å². The van der Waals surface area contributed by atoms with Gasteiger partial charge in [0.1, 0.15) is 11.5 Å². The number of benzene rings is 2. The van der Waals surface area contributed by atoms with Crippen LogP contribution in [0.3, 0.4) is 0 Å². The molecule has 0 saturated heterocycles. The Labute approximate surface area is 125 Å². The van der Waals surface area contributed by atoms with Gasteiger partial charge in [-0.15, -0.1) is 0 Å². The SMILES string of the molecule is O=C(c1ccn(-c2ccccc2)n1)c1cc(F)ccc1Cl. The fourth-order valence-electron chi connectivity index (χ4n) is 1.98. The molecule has 0 atom stereocenters. The molecule has 3 rings (SSSR count). The van der Waals surface area contributed by atoms with Crippen molar-refractivity contribution in [1.82, 2.24) is 9.78 Å². The number of aromatic nitrogens is 2. The number of hydrogen-bond donors (Lipinski definition) is 0. The monoisotopic (exact) mass is 300 g/mol. The molecular weight excluding hydrogens is 291 g/mol. The van der Waals surface area contributed by atoms with Gasteiger partial charge in [-0.2, -0.15) is 5.10 Å². The van der Waals surface area contributed by atoms with E-state index >= 15 is 0 Å². The Bertz CT molecular complexity index is 799. The van der Waals surface area contributed by atoms with Gasteiger partial charge in [0.25, 0.3) is 0 Å². The van der Waals surface area contributed by atoms with Crippen molar-refractivity contribution in [2.45, 2.75) is 0 Å². The van der Waals surface area contributed by atoms with E-state index < -0.39 is 11.6 Å². The van der Waals surface area contributed by atoms with Gasteiger partial charge < -0.3 is 0 Å². The van der Waals surface area contributed by atoms with Gasteiger partial charge in [0.15, 0.2) is 0 Å². The molecule has 21 heavy (non-hydrogen) atoms. The van der Waals surface area contributed by atoms with Crippen molar-refractivity contribution in [2.75, 3.05) is 0 Å². The normalized spacial score (nSPS) is 10.6. The molecule has 2 aromatic carbocycles. The largest absolute Gasteiger partial charge is 0.287 e. The molecule has 104 valence electrons. The Balaban J connectivity index is 1.96. The average Bonchev–Trinajstić information content (AvgIpc) is 3.00. The lowest BCUT2D eigenvalue weighted by Crippen LogP contribution is -2.05. The molecule has 0 aliphatic heterocycles. The predicted octanol–water partition coefficient (Wildman–Crippen LogP) is 3.90. The fourth-order valence-corrected chi connectivity index (χ4v) is 2.18. The Hall–Kier alpha value is -2.46. The van der Waals surface area contributed by atoms with Crippen molar-refractivity contribution >= 4 is 17.4 Å². The average molecular weight is 301 g/mol. The molecule has 3 nitrogen and oxygen atoms in total. The van der Waals surface area contributed by atoms with Crippen molar-refractivity contribution in [2.24, 2.45) is 0 Å². The van der Waals surface area contributed by atoms with Crippen molar-refractivity contribution in [1.29, 1.82) is 0 Å². The first-order chi connectivity index (χ1) is 10.1. The Morgan fingerprint density at radius 3 is 2.62 bits per heavy atom. The molecule has 1 aromatic heterocycles. The van der Waals surface area contributed by atoms with Gasteiger partial charge >= 0.3 is 0 Å². The van der Waals surface area contributed by atoms with E-state index in [1.807, 2.05) is 30.3 Å². The molecule has 0 radical (unpaired) electrons. The molecule has 3 aromatic rings. The minimum atomic E-state index is -0.509. The Kier molecular flexibility index (Phi) is 3.54. The summed E-state index contributed by atoms with van der Waals surface area (Å²) in [5.41, 5.74) is 1.16. The molecule has 1 heterocycles. The maximum absolute atomic E-state index is 13.3. The van der Waals surface area contributed by atoms with Crippen LogP contribution in [0.25, 0.3) is 5.69 Å². The summed E-state index contributed by atoms with van der Waals surface area (Å²) in [4.78, 5) is 12.3. The highest BCUT2D eigenvalue weighted by Gasteiger charge is 2.16. The van der Waals surface area contributed by atoms with E-state index in [9.17, 15) is 9.18 Å². The van der Waals surface area contributed by atoms with Crippen molar-refractivity contribution in [3.8, 4) is 5.69 Å². The number of nitrogens with zero attached hydrogens (tertiary/aromatic N) is 2. The van der Waals surface area contributed by atoms with Crippen LogP contribution in [0, 0.1) is 5.82 Å². The van der Waals surface area contributed by atoms with Crippen LogP contribution in [0.1, 0.15) is 16.1 Å². The quantitative estimate of drug-likeness (QED) is 0.688. The smallest absolute Gasteiger partial charge is 0.214 e. The van der Waals surface area contributed by atoms with Gasteiger partial charge in [0.2, 0.25) is 5.78 Å². The van der Waals surface area contributed by atoms with E-state index in [1.54, 1.807) is 16.9 Å². The number of hydrogen-bond acceptors (Lipinski definition) is 2. The number of rotatable bonds is 3. The summed E-state index contributed by atoms with van der Waals surface area (Å²) in [6.45, 7) is 0. The van der Waals surface area contributed by atoms with Gasteiger partial charge in [0, 0.05) is 11.8 Å². The summed E-state index contributed by atoms with van der Waals surface area (Å²) in [5.74, 6) is -0.917. The van der Waals surface area contributed by atoms with E-state index in [4.69, 9.17) is 11.6 Å². The first kappa shape index (κ1) is 13.5. The molecule has 5 heteroatoms. The van der Waals surface area contributed by atoms with Crippen LogP contribution in [0.15, 0.2) is 60.8 Å². The highest BCUT2D eigenvalue weighted by molar-refractivity contribution is 6.34. The second-order valence-electron chi connectivity index (χ2n) is 4.43. The third kappa shape index (κ3) is 2.71. The summed E-state index contributed by atoms with van der Waals surface area (Å²) in [5, 5.41) is 4.42. The maximum atomic E-state index is 13.3. The predicted molar refractivity (Wildman–Crippen MR) is 78.4 cm³/mol. The van der Waals surface area contributed by atoms with Crippen molar-refractivity contribution in [3.63, 3.8) is 0 Å². The third-order valence-corrected chi connectivity index (χ3v) is 3.35. The third-order valence-electron chi connectivity index (χ3n) is 3.02. The summed E-state index contributed by atoms with van der Waals surface area (Å²) < 4.78 is 14.8. The number of ketones is 1. The fraction of sp³-hybridized carbons (Fsp3) is 0. The number of carbonyl (C=O) groups is 1. The zero-order valence-corrected chi connectivity index (χ0v) is 11.6. The first-order valence-electron chi connectivity index (χ1n) is 6.26. The van der Waals surface area contributed by atoms with Gasteiger partial charge in [0.05, 0.1) is 10.7 Å². The van der Waals surface area contributed by atoms with Crippen LogP contribution in [-0.4, -0.2) is 15.6 Å². The van der Waals surface area contributed by atoms with E-state index in [2.05, 4.69) is 5.10 Å². The Morgan fingerprint density at radius 1 is 1.10 bits per heavy atom. The number of para-hydroxylation sites is 1. The van der Waals surface area contributed by atoms with Gasteiger partial charge in [-0.1, -0.05) is 29.8 Å². The van der Waals surface area contributed by atoms with E-state index in [-0.39, 0.29) is 16.3 Å². The van der Waals surface area contributed by atoms with E-state index in [1.165, 1.54) is 12.1 Å². The lowest BCUT2D eigenvalue weighted by Gasteiger charge is -2.02. The van der Waals surface area contributed by atoms with Crippen LogP contribution < -0.4 is 0 Å². The molecule has 0 bridgehead atoms. The zero-order valence-electron chi connectivity index (χ0n) is 10.8. The minimum Gasteiger partial charge on any atom is -0.287 e. The minimum absolute atomic E-state index is 0.106. The van der Waals surface area contributed by atoms with Crippen LogP contribution in [0.5, 0.6) is 0 Å². The molecule has 0 amide bonds. The summed E-state index contributed by atoms with van der Waals surface area (Å²) in [6, 6.07) is 14.7. The Morgan fingerprint density at radius 2 is 1.86 bits per heavy atom. The second-order valence-corrected chi connectivity index (χ2v) is 4.84. The topological polar surface area (TPSA) is 34.9 Å². The van der Waals surface area contributed by atoms with Crippen molar-refractivity contribution < 1.29 is 9.18 Å². The molecule has 0 aliphatic carbocycles. The van der Waals surface area contributed by atoms with E-state index in [0.29, 0.717) is 0 Å². The molecule has 0 aliphatic rings. The van der Waals surface area contributed by atoms with E-state index in [0.717, 1.165) is 11.8 Å². The lowest BCUT2D eigenvalue weighted by molar-refractivity contribution is 0.103. The molecule has 0 fully saturated rings. The highest BCUT2D eigenvalue weighted by Crippen LogP contribution is 2.20. The molecular formula is C16H10ClFN2O. The van der Waals surface area contributed by atoms with Crippen LogP contribution in [0.2, 0.25) is 5.02 Å². The standard InChI is InChI=1S/C16H10ClFN2O/c17-14-7-6-11(18)10-13(14)16(21)15-8-9-20(19-15)12-4-2-1-3-5-12/h1-10H. The molecule has 0 saturated carbocycles. The number of carbonyl (C=O) groups excluding carboxylic acids is 1. The highest BCUT2D eigenvalue weighted by atomic mass is 35.5. The van der Waals surface area contributed by atoms with Gasteiger partial charge in [-0.25, -0.2) is 9.07 Å². The zero-order chi connectivity index (χ0) is 14.8. The number of halogens is 2. The summed E-state index contributed by atoms with van der Waals surface area (Å²) in [6.07, 6.45) is 1.68. The summed E-state index contributed by atoms with van der Waals surface area (Å²) in [7, 11) is 0. The van der Waals surface area contributed by atoms with Gasteiger partial charge in [-0.05, 0) is 36.4 Å². The summed E-state index contributed by atoms with van der Waals surface area (Å²) >= 11 is 5.94. The molecule has 0 unspecified atom stereocenters. The van der Waals surface area contributed by atoms with Crippen LogP contribution in [-0.2, 0) is 0 Å². The first-order valence-corrected chi connectivity index (χ1v) is 6.64. The molecule has 0 spiro atoms.